The standard InChI is InChI=1S/C17H21BrN2O/c18-13-14(12-1-2-12)19-16(20-15(13)21)17-6-9-3-10(7-17)5-11(4-9)8-17/h9-12H,1-8H2,(H,19,20,21). The Morgan fingerprint density at radius 1 is 1.05 bits per heavy atom. The average Bonchev–Trinajstić information content (AvgIpc) is 3.24. The smallest absolute Gasteiger partial charge is 0.265 e. The monoisotopic (exact) mass is 348 g/mol. The molecule has 0 spiro atoms. The summed E-state index contributed by atoms with van der Waals surface area (Å²) in [7, 11) is 0. The lowest BCUT2D eigenvalue weighted by atomic mass is 9.49. The topological polar surface area (TPSA) is 45.8 Å². The van der Waals surface area contributed by atoms with Crippen LogP contribution in [0.3, 0.4) is 0 Å². The van der Waals surface area contributed by atoms with Gasteiger partial charge in [-0.05, 0) is 85.1 Å². The van der Waals surface area contributed by atoms with Crippen molar-refractivity contribution in [1.82, 2.24) is 9.97 Å². The van der Waals surface area contributed by atoms with Gasteiger partial charge in [0.1, 0.15) is 10.3 Å². The molecule has 1 aromatic rings. The minimum atomic E-state index is 0.0395. The van der Waals surface area contributed by atoms with Crippen molar-refractivity contribution in [2.24, 2.45) is 17.8 Å². The Labute approximate surface area is 133 Å². The van der Waals surface area contributed by atoms with Crippen molar-refractivity contribution in [3.63, 3.8) is 0 Å². The van der Waals surface area contributed by atoms with E-state index in [4.69, 9.17) is 4.98 Å². The molecule has 3 nitrogen and oxygen atoms in total. The van der Waals surface area contributed by atoms with Gasteiger partial charge >= 0.3 is 0 Å². The highest BCUT2D eigenvalue weighted by molar-refractivity contribution is 9.10. The van der Waals surface area contributed by atoms with Crippen LogP contribution in [0.25, 0.3) is 0 Å². The van der Waals surface area contributed by atoms with E-state index >= 15 is 0 Å². The molecule has 0 radical (unpaired) electrons. The van der Waals surface area contributed by atoms with E-state index in [1.165, 1.54) is 51.4 Å². The van der Waals surface area contributed by atoms with Crippen LogP contribution in [0, 0.1) is 17.8 Å². The zero-order valence-corrected chi connectivity index (χ0v) is 13.8. The van der Waals surface area contributed by atoms with Crippen LogP contribution in [-0.2, 0) is 5.41 Å². The normalized spacial score (nSPS) is 40.7. The van der Waals surface area contributed by atoms with Gasteiger partial charge in [-0.2, -0.15) is 0 Å². The molecule has 5 fully saturated rings. The summed E-state index contributed by atoms with van der Waals surface area (Å²) in [6.07, 6.45) is 10.4. The van der Waals surface area contributed by atoms with Gasteiger partial charge in [-0.15, -0.1) is 0 Å². The maximum Gasteiger partial charge on any atom is 0.265 e. The average molecular weight is 349 g/mol. The molecule has 5 aliphatic rings. The first kappa shape index (κ1) is 12.9. The number of nitrogens with zero attached hydrogens (tertiary/aromatic N) is 1. The summed E-state index contributed by atoms with van der Waals surface area (Å²) >= 11 is 3.46. The Balaban J connectivity index is 1.62. The lowest BCUT2D eigenvalue weighted by Crippen LogP contribution is -2.50. The molecule has 21 heavy (non-hydrogen) atoms. The molecule has 1 N–H and O–H groups in total. The number of H-pyrrole nitrogens is 1. The number of nitrogens with one attached hydrogen (secondary N) is 1. The summed E-state index contributed by atoms with van der Waals surface area (Å²) in [6, 6.07) is 0. The number of halogens is 1. The highest BCUT2D eigenvalue weighted by atomic mass is 79.9. The zero-order chi connectivity index (χ0) is 14.2. The quantitative estimate of drug-likeness (QED) is 0.881. The van der Waals surface area contributed by atoms with Gasteiger partial charge < -0.3 is 4.98 Å². The van der Waals surface area contributed by atoms with E-state index in [0.29, 0.717) is 10.4 Å². The highest BCUT2D eigenvalue weighted by Crippen LogP contribution is 2.60. The highest BCUT2D eigenvalue weighted by Gasteiger charge is 2.53. The van der Waals surface area contributed by atoms with Crippen LogP contribution in [0.15, 0.2) is 9.27 Å². The van der Waals surface area contributed by atoms with Gasteiger partial charge in [0.25, 0.3) is 5.56 Å². The molecule has 1 aromatic heterocycles. The first-order chi connectivity index (χ1) is 10.1. The molecule has 4 bridgehead atoms. The fourth-order valence-electron chi connectivity index (χ4n) is 5.76. The van der Waals surface area contributed by atoms with Gasteiger partial charge in [0, 0.05) is 11.3 Å². The SMILES string of the molecule is O=c1[nH]c(C23CC4CC(CC(C4)C2)C3)nc(C2CC2)c1Br. The molecule has 6 rings (SSSR count). The molecule has 0 aromatic carbocycles. The van der Waals surface area contributed by atoms with Crippen LogP contribution in [-0.4, -0.2) is 9.97 Å². The Hall–Kier alpha value is -0.640. The molecule has 0 unspecified atom stereocenters. The maximum atomic E-state index is 12.3. The predicted molar refractivity (Wildman–Crippen MR) is 84.4 cm³/mol. The molecule has 112 valence electrons. The van der Waals surface area contributed by atoms with Gasteiger partial charge in [0.05, 0.1) is 5.69 Å². The third-order valence-electron chi connectivity index (χ3n) is 6.39. The van der Waals surface area contributed by atoms with Crippen molar-refractivity contribution in [3.8, 4) is 0 Å². The Morgan fingerprint density at radius 3 is 2.14 bits per heavy atom. The molecule has 5 aliphatic carbocycles. The van der Waals surface area contributed by atoms with E-state index < -0.39 is 0 Å². The summed E-state index contributed by atoms with van der Waals surface area (Å²) in [5, 5.41) is 0. The van der Waals surface area contributed by atoms with Gasteiger partial charge in [-0.25, -0.2) is 4.98 Å². The van der Waals surface area contributed by atoms with Crippen LogP contribution in [0.4, 0.5) is 0 Å². The third-order valence-corrected chi connectivity index (χ3v) is 7.16. The largest absolute Gasteiger partial charge is 0.309 e. The number of aromatic nitrogens is 2. The van der Waals surface area contributed by atoms with Crippen LogP contribution in [0.5, 0.6) is 0 Å². The summed E-state index contributed by atoms with van der Waals surface area (Å²) in [6.45, 7) is 0. The fourth-order valence-corrected chi connectivity index (χ4v) is 6.27. The van der Waals surface area contributed by atoms with Crippen LogP contribution in [0.2, 0.25) is 0 Å². The summed E-state index contributed by atoms with van der Waals surface area (Å²) in [5.41, 5.74) is 1.26. The van der Waals surface area contributed by atoms with Crippen molar-refractivity contribution >= 4 is 15.9 Å². The molecule has 1 heterocycles. The third kappa shape index (κ3) is 1.90. The Morgan fingerprint density at radius 2 is 1.62 bits per heavy atom. The van der Waals surface area contributed by atoms with Crippen molar-refractivity contribution in [2.75, 3.05) is 0 Å². The van der Waals surface area contributed by atoms with E-state index in [-0.39, 0.29) is 11.0 Å². The second kappa shape index (κ2) is 4.21. The van der Waals surface area contributed by atoms with E-state index in [0.717, 1.165) is 29.3 Å². The molecule has 0 aliphatic heterocycles. The molecule has 0 amide bonds. The van der Waals surface area contributed by atoms with Gasteiger partial charge in [0.15, 0.2) is 0 Å². The first-order valence-electron chi connectivity index (χ1n) is 8.43. The first-order valence-corrected chi connectivity index (χ1v) is 9.22. The summed E-state index contributed by atoms with van der Waals surface area (Å²) in [5.74, 6) is 4.20. The number of aromatic amines is 1. The van der Waals surface area contributed by atoms with E-state index in [1.54, 1.807) is 0 Å². The van der Waals surface area contributed by atoms with E-state index in [1.807, 2.05) is 0 Å². The fraction of sp³-hybridized carbons (Fsp3) is 0.765. The predicted octanol–water partition coefficient (Wildman–Crippen LogP) is 3.88. The van der Waals surface area contributed by atoms with Crippen LogP contribution in [0.1, 0.15) is 68.8 Å². The van der Waals surface area contributed by atoms with Crippen molar-refractivity contribution in [2.45, 2.75) is 62.7 Å². The Bertz CT molecular complexity index is 626. The number of rotatable bonds is 2. The van der Waals surface area contributed by atoms with E-state index in [2.05, 4.69) is 20.9 Å². The van der Waals surface area contributed by atoms with Crippen molar-refractivity contribution < 1.29 is 0 Å². The molecule has 4 heteroatoms. The second-order valence-corrected chi connectivity index (χ2v) is 8.88. The van der Waals surface area contributed by atoms with Crippen molar-refractivity contribution in [1.29, 1.82) is 0 Å². The van der Waals surface area contributed by atoms with Crippen LogP contribution >= 0.6 is 15.9 Å². The van der Waals surface area contributed by atoms with Gasteiger partial charge in [-0.3, -0.25) is 4.79 Å². The second-order valence-electron chi connectivity index (χ2n) is 8.09. The van der Waals surface area contributed by atoms with Gasteiger partial charge in [-0.1, -0.05) is 0 Å². The van der Waals surface area contributed by atoms with Gasteiger partial charge in [0.2, 0.25) is 0 Å². The van der Waals surface area contributed by atoms with Crippen molar-refractivity contribution in [3.05, 3.63) is 26.3 Å². The summed E-state index contributed by atoms with van der Waals surface area (Å²) in [4.78, 5) is 20.5. The van der Waals surface area contributed by atoms with Crippen LogP contribution < -0.4 is 5.56 Å². The molecule has 0 atom stereocenters. The minimum Gasteiger partial charge on any atom is -0.309 e. The zero-order valence-electron chi connectivity index (χ0n) is 12.2. The molecular formula is C17H21BrN2O. The lowest BCUT2D eigenvalue weighted by Gasteiger charge is -2.56. The number of hydrogen-bond acceptors (Lipinski definition) is 2. The lowest BCUT2D eigenvalue weighted by molar-refractivity contribution is -0.00962. The number of hydrogen-bond donors (Lipinski definition) is 1. The molecule has 0 saturated heterocycles. The van der Waals surface area contributed by atoms with E-state index in [9.17, 15) is 4.79 Å². The summed E-state index contributed by atoms with van der Waals surface area (Å²) < 4.78 is 0.679. The molecule has 5 saturated carbocycles. The minimum absolute atomic E-state index is 0.0395. The Kier molecular flexibility index (Phi) is 2.58. The molecular weight excluding hydrogens is 328 g/mol. The maximum absolute atomic E-state index is 12.3.